The summed E-state index contributed by atoms with van der Waals surface area (Å²) in [7, 11) is 0. The predicted molar refractivity (Wildman–Crippen MR) is 414 cm³/mol. The third-order valence-electron chi connectivity index (χ3n) is 13.0. The number of halogens is 2. The number of hydrogen-bond acceptors (Lipinski definition) is 3. The summed E-state index contributed by atoms with van der Waals surface area (Å²) in [5.41, 5.74) is 19.7. The molecule has 91 heavy (non-hydrogen) atoms. The maximum Gasteiger partial charge on any atom is 0.144 e. The van der Waals surface area contributed by atoms with Gasteiger partial charge in [-0.05, 0) is 193 Å². The maximum atomic E-state index is 13.4. The molecular weight excluding hydrogens is 1110 g/mol. The zero-order chi connectivity index (χ0) is 72.4. The molecule has 0 bridgehead atoms. The normalized spacial score (nSPS) is 10.5. The smallest absolute Gasteiger partial charge is 0.144 e. The summed E-state index contributed by atoms with van der Waals surface area (Å²) in [5, 5.41) is 0. The first-order valence-corrected chi connectivity index (χ1v) is 34.4. The van der Waals surface area contributed by atoms with Gasteiger partial charge in [-0.25, -0.2) is 8.78 Å². The van der Waals surface area contributed by atoms with Crippen LogP contribution in [0, 0.1) is 80.9 Å². The minimum atomic E-state index is -0.220. The maximum absolute atomic E-state index is 13.4. The van der Waals surface area contributed by atoms with Gasteiger partial charge in [-0.1, -0.05) is 302 Å². The molecule has 3 aromatic carbocycles. The minimum Gasteiger partial charge on any atom is -0.261 e. The molecule has 0 atom stereocenters. The summed E-state index contributed by atoms with van der Waals surface area (Å²) >= 11 is 0. The van der Waals surface area contributed by atoms with Crippen molar-refractivity contribution in [3.63, 3.8) is 0 Å². The molecule has 6 rings (SSSR count). The first-order valence-electron chi connectivity index (χ1n) is 34.4. The second-order valence-electron chi connectivity index (χ2n) is 30.4. The van der Waals surface area contributed by atoms with Crippen LogP contribution >= 0.6 is 0 Å². The first kappa shape index (κ1) is 99.5. The molecule has 0 aliphatic heterocycles. The van der Waals surface area contributed by atoms with Crippen LogP contribution in [0.2, 0.25) is 0 Å². The number of rotatable bonds is 0. The zero-order valence-electron chi connectivity index (χ0n) is 67.0. The molecule has 0 N–H and O–H groups in total. The highest BCUT2D eigenvalue weighted by molar-refractivity contribution is 5.36. The average molecular weight is 1270 g/mol. The Morgan fingerprint density at radius 1 is 0.275 bits per heavy atom. The second kappa shape index (κ2) is 50.5. The summed E-state index contributed by atoms with van der Waals surface area (Å²) in [6, 6.07) is 25.1. The number of benzene rings is 3. The number of pyridine rings is 3. The molecule has 0 aliphatic carbocycles. The van der Waals surface area contributed by atoms with E-state index >= 15 is 0 Å². The van der Waals surface area contributed by atoms with Crippen LogP contribution in [-0.4, -0.2) is 15.0 Å². The van der Waals surface area contributed by atoms with Crippen LogP contribution in [-0.2, 0) is 32.5 Å². The van der Waals surface area contributed by atoms with Gasteiger partial charge in [0.2, 0.25) is 0 Å². The van der Waals surface area contributed by atoms with Crippen molar-refractivity contribution in [3.8, 4) is 0 Å². The van der Waals surface area contributed by atoms with E-state index in [2.05, 4.69) is 304 Å². The molecule has 5 heteroatoms. The standard InChI is InChI=1S/C12H17F.2C12H18.C11H17N.C10H14FN.C10H15N.6C3H8.CH4/c1-8-6-10(12(3,4)5)7-11(13)9(8)2;2*1-9-6-7-11(8-10(9)2)12(3,4)5;1-8-6-10(11(3,4)5)12-7-9(8)2;1-7-9(11)5-8(6-12-7)10(2,3)4;1-8-5-6-9(7-11-8)10(2,3)4;6*1-3-2;/h6-7H,1-5H3;2*6-8H,1-5H3;6-7H,1-5H3;5-6H,1-4H3;5-7H,1-4H3;6*3H2,1-2H3;1H4. The van der Waals surface area contributed by atoms with Gasteiger partial charge in [0.1, 0.15) is 11.6 Å². The van der Waals surface area contributed by atoms with Gasteiger partial charge in [0.05, 0.1) is 5.69 Å². The summed E-state index contributed by atoms with van der Waals surface area (Å²) in [5.74, 6) is -0.313. The molecule has 3 heterocycles. The molecule has 3 aromatic heterocycles. The van der Waals surface area contributed by atoms with E-state index in [1.807, 2.05) is 53.9 Å². The van der Waals surface area contributed by atoms with E-state index in [9.17, 15) is 8.78 Å². The molecule has 0 fully saturated rings. The van der Waals surface area contributed by atoms with Crippen molar-refractivity contribution < 1.29 is 8.78 Å². The lowest BCUT2D eigenvalue weighted by atomic mass is 9.85. The fourth-order valence-electron chi connectivity index (χ4n) is 6.53. The Kier molecular flexibility index (Phi) is 55.2. The van der Waals surface area contributed by atoms with Crippen LogP contribution in [0.1, 0.15) is 343 Å². The Labute approximate surface area is 568 Å². The van der Waals surface area contributed by atoms with Crippen LogP contribution in [0.4, 0.5) is 8.78 Å². The van der Waals surface area contributed by atoms with Crippen molar-refractivity contribution in [2.45, 2.75) is 355 Å². The number of aromatic nitrogens is 3. The van der Waals surface area contributed by atoms with E-state index in [1.165, 1.54) is 94.3 Å². The largest absolute Gasteiger partial charge is 0.261 e. The summed E-state index contributed by atoms with van der Waals surface area (Å²) in [6.07, 6.45) is 13.1. The van der Waals surface area contributed by atoms with E-state index in [0.29, 0.717) is 5.69 Å². The van der Waals surface area contributed by atoms with Crippen molar-refractivity contribution in [2.75, 3.05) is 0 Å². The lowest BCUT2D eigenvalue weighted by Gasteiger charge is -2.20. The third-order valence-corrected chi connectivity index (χ3v) is 13.0. The highest BCUT2D eigenvalue weighted by Crippen LogP contribution is 2.28. The van der Waals surface area contributed by atoms with Gasteiger partial charge in [0.15, 0.2) is 0 Å². The van der Waals surface area contributed by atoms with Crippen LogP contribution in [0.25, 0.3) is 0 Å². The summed E-state index contributed by atoms with van der Waals surface area (Å²) in [4.78, 5) is 12.6. The van der Waals surface area contributed by atoms with Crippen molar-refractivity contribution >= 4 is 0 Å². The van der Waals surface area contributed by atoms with E-state index in [4.69, 9.17) is 0 Å². The second-order valence-corrected chi connectivity index (χ2v) is 30.4. The molecular formula is C86H151F2N3. The van der Waals surface area contributed by atoms with Crippen LogP contribution in [0.5, 0.6) is 0 Å². The van der Waals surface area contributed by atoms with Gasteiger partial charge in [0, 0.05) is 35.4 Å². The topological polar surface area (TPSA) is 38.7 Å². The number of aryl methyl sites for hydroxylation is 9. The average Bonchev–Trinajstić information content (AvgIpc) is 2.18. The predicted octanol–water partition coefficient (Wildman–Crippen LogP) is 28.6. The highest BCUT2D eigenvalue weighted by Gasteiger charge is 2.19. The van der Waals surface area contributed by atoms with Crippen molar-refractivity contribution in [3.05, 3.63) is 192 Å². The van der Waals surface area contributed by atoms with Gasteiger partial charge in [-0.3, -0.25) is 15.0 Å². The molecule has 3 nitrogen and oxygen atoms in total. The zero-order valence-corrected chi connectivity index (χ0v) is 67.0. The van der Waals surface area contributed by atoms with Crippen molar-refractivity contribution in [1.82, 2.24) is 15.0 Å². The monoisotopic (exact) mass is 1260 g/mol. The van der Waals surface area contributed by atoms with E-state index in [-0.39, 0.29) is 51.6 Å². The molecule has 0 amide bonds. The van der Waals surface area contributed by atoms with Gasteiger partial charge in [-0.2, -0.15) is 0 Å². The number of hydrogen-bond donors (Lipinski definition) is 0. The molecule has 0 radical (unpaired) electrons. The molecule has 0 saturated heterocycles. The van der Waals surface area contributed by atoms with Gasteiger partial charge in [-0.15, -0.1) is 0 Å². The summed E-state index contributed by atoms with van der Waals surface area (Å²) < 4.78 is 26.4. The third kappa shape index (κ3) is 49.3. The lowest BCUT2D eigenvalue weighted by molar-refractivity contribution is 0.561. The van der Waals surface area contributed by atoms with Crippen LogP contribution in [0.3, 0.4) is 0 Å². The molecule has 0 aliphatic rings. The van der Waals surface area contributed by atoms with E-state index in [0.717, 1.165) is 27.9 Å². The highest BCUT2D eigenvalue weighted by atomic mass is 19.1. The Morgan fingerprint density at radius 2 is 0.571 bits per heavy atom. The van der Waals surface area contributed by atoms with Gasteiger partial charge >= 0.3 is 0 Å². The molecule has 0 saturated carbocycles. The first-order chi connectivity index (χ1) is 40.9. The molecule has 0 spiro atoms. The van der Waals surface area contributed by atoms with Crippen molar-refractivity contribution in [2.24, 2.45) is 0 Å². The Hall–Kier alpha value is -5.03. The number of nitrogens with zero attached hydrogens (tertiary/aromatic N) is 3. The van der Waals surface area contributed by atoms with E-state index < -0.39 is 0 Å². The van der Waals surface area contributed by atoms with Crippen LogP contribution < -0.4 is 0 Å². The van der Waals surface area contributed by atoms with Crippen LogP contribution in [0.15, 0.2) is 91.4 Å². The van der Waals surface area contributed by atoms with Gasteiger partial charge < -0.3 is 0 Å². The lowest BCUT2D eigenvalue weighted by Crippen LogP contribution is -2.13. The fraction of sp³-hybridized carbons (Fsp3) is 0.616. The van der Waals surface area contributed by atoms with Gasteiger partial charge in [0.25, 0.3) is 0 Å². The van der Waals surface area contributed by atoms with Crippen molar-refractivity contribution in [1.29, 1.82) is 0 Å². The fourth-order valence-corrected chi connectivity index (χ4v) is 6.53. The molecule has 6 aromatic rings. The minimum absolute atomic E-state index is 0. The SMILES string of the molecule is C.CCC.CCC.CCC.CCC.CCC.CCC.Cc1cc(C(C)(C)C)cc(F)c1C.Cc1ccc(C(C)(C)C)cc1C.Cc1ccc(C(C)(C)C)cc1C.Cc1ccc(C(C)(C)C)cn1.Cc1cnc(C(C)(C)C)cc1C.Cc1ncc(C(C)(C)C)cc1F. The Balaban J connectivity index is -0.000000176. The summed E-state index contributed by atoms with van der Waals surface area (Å²) in [6.45, 7) is 84.8. The Bertz CT molecular complexity index is 2450. The molecule has 524 valence electrons. The Morgan fingerprint density at radius 3 is 0.835 bits per heavy atom. The quantitative estimate of drug-likeness (QED) is 0.152. The van der Waals surface area contributed by atoms with E-state index in [1.54, 1.807) is 25.3 Å². The molecule has 0 unspecified atom stereocenters.